The Morgan fingerprint density at radius 1 is 1.41 bits per heavy atom. The van der Waals surface area contributed by atoms with Gasteiger partial charge in [0.15, 0.2) is 0 Å². The van der Waals surface area contributed by atoms with E-state index in [2.05, 4.69) is 55.4 Å². The van der Waals surface area contributed by atoms with E-state index in [-0.39, 0.29) is 0 Å². The number of nitrogens with zero attached hydrogens (tertiary/aromatic N) is 1. The third-order valence-corrected chi connectivity index (χ3v) is 3.54. The molecule has 1 atom stereocenters. The lowest BCUT2D eigenvalue weighted by Crippen LogP contribution is -2.34. The molecule has 1 fully saturated rings. The first-order chi connectivity index (χ1) is 8.20. The molecule has 0 amide bonds. The molecule has 0 radical (unpaired) electrons. The molecule has 2 heteroatoms. The normalized spacial score (nSPS) is 17.4. The average molecular weight is 232 g/mol. The molecule has 0 aromatic heterocycles. The van der Waals surface area contributed by atoms with Crippen LogP contribution in [-0.2, 0) is 0 Å². The van der Waals surface area contributed by atoms with Crippen molar-refractivity contribution in [3.8, 4) is 0 Å². The maximum Gasteiger partial charge on any atom is 0.0449 e. The van der Waals surface area contributed by atoms with E-state index >= 15 is 0 Å². The van der Waals surface area contributed by atoms with E-state index in [9.17, 15) is 0 Å². The Morgan fingerprint density at radius 3 is 2.76 bits per heavy atom. The second kappa shape index (κ2) is 5.65. The van der Waals surface area contributed by atoms with Gasteiger partial charge in [0, 0.05) is 18.6 Å². The summed E-state index contributed by atoms with van der Waals surface area (Å²) in [7, 11) is 2.25. The minimum absolute atomic E-state index is 0.463. The minimum Gasteiger partial charge on any atom is -0.309 e. The SMILES string of the molecule is CCNC(CN(C)C1CC1)c1cccc(C)c1. The van der Waals surface area contributed by atoms with Gasteiger partial charge in [-0.25, -0.2) is 0 Å². The standard InChI is InChI=1S/C15H24N2/c1-4-16-15(11-17(3)14-8-9-14)13-7-5-6-12(2)10-13/h5-7,10,14-16H,4,8-9,11H2,1-3H3. The van der Waals surface area contributed by atoms with Crippen molar-refractivity contribution in [1.82, 2.24) is 10.2 Å². The highest BCUT2D eigenvalue weighted by atomic mass is 15.2. The zero-order chi connectivity index (χ0) is 12.3. The molecule has 0 aliphatic heterocycles. The fourth-order valence-electron chi connectivity index (χ4n) is 2.37. The molecular weight excluding hydrogens is 208 g/mol. The fourth-order valence-corrected chi connectivity index (χ4v) is 2.37. The molecule has 1 aliphatic rings. The molecule has 17 heavy (non-hydrogen) atoms. The van der Waals surface area contributed by atoms with Crippen LogP contribution >= 0.6 is 0 Å². The first kappa shape index (κ1) is 12.6. The number of rotatable bonds is 6. The summed E-state index contributed by atoms with van der Waals surface area (Å²) in [6.07, 6.45) is 2.76. The molecule has 0 saturated heterocycles. The molecule has 1 aliphatic carbocycles. The van der Waals surface area contributed by atoms with E-state index in [1.54, 1.807) is 0 Å². The summed E-state index contributed by atoms with van der Waals surface area (Å²) in [6, 6.07) is 10.2. The fraction of sp³-hybridized carbons (Fsp3) is 0.600. The molecule has 2 nitrogen and oxygen atoms in total. The van der Waals surface area contributed by atoms with Gasteiger partial charge in [0.25, 0.3) is 0 Å². The molecule has 94 valence electrons. The van der Waals surface area contributed by atoms with Gasteiger partial charge in [-0.05, 0) is 38.9 Å². The van der Waals surface area contributed by atoms with Crippen LogP contribution in [-0.4, -0.2) is 31.1 Å². The Morgan fingerprint density at radius 2 is 2.18 bits per heavy atom. The molecular formula is C15H24N2. The maximum absolute atomic E-state index is 3.60. The zero-order valence-corrected chi connectivity index (χ0v) is 11.2. The smallest absolute Gasteiger partial charge is 0.0449 e. The van der Waals surface area contributed by atoms with Crippen molar-refractivity contribution in [1.29, 1.82) is 0 Å². The summed E-state index contributed by atoms with van der Waals surface area (Å²) in [6.45, 7) is 6.48. The van der Waals surface area contributed by atoms with Crippen LogP contribution in [0, 0.1) is 6.92 Å². The van der Waals surface area contributed by atoms with Crippen LogP contribution in [0.5, 0.6) is 0 Å². The number of hydrogen-bond donors (Lipinski definition) is 1. The van der Waals surface area contributed by atoms with E-state index < -0.39 is 0 Å². The number of nitrogens with one attached hydrogen (secondary N) is 1. The van der Waals surface area contributed by atoms with Gasteiger partial charge < -0.3 is 10.2 Å². The van der Waals surface area contributed by atoms with Gasteiger partial charge in [-0.15, -0.1) is 0 Å². The average Bonchev–Trinajstić information content (AvgIpc) is 3.12. The van der Waals surface area contributed by atoms with Crippen LogP contribution in [0.15, 0.2) is 24.3 Å². The Labute approximate surface area is 105 Å². The van der Waals surface area contributed by atoms with Crippen LogP contribution in [0.25, 0.3) is 0 Å². The topological polar surface area (TPSA) is 15.3 Å². The van der Waals surface area contributed by atoms with Crippen molar-refractivity contribution < 1.29 is 0 Å². The summed E-state index contributed by atoms with van der Waals surface area (Å²) in [5.41, 5.74) is 2.76. The van der Waals surface area contributed by atoms with E-state index in [1.807, 2.05) is 0 Å². The molecule has 1 N–H and O–H groups in total. The summed E-state index contributed by atoms with van der Waals surface area (Å²) in [5.74, 6) is 0. The van der Waals surface area contributed by atoms with Gasteiger partial charge in [0.2, 0.25) is 0 Å². The van der Waals surface area contributed by atoms with Crippen molar-refractivity contribution in [3.63, 3.8) is 0 Å². The third kappa shape index (κ3) is 3.55. The first-order valence-electron chi connectivity index (χ1n) is 6.71. The summed E-state index contributed by atoms with van der Waals surface area (Å²) in [4.78, 5) is 2.50. The van der Waals surface area contributed by atoms with Crippen molar-refractivity contribution in [3.05, 3.63) is 35.4 Å². The number of likely N-dealkylation sites (N-methyl/N-ethyl adjacent to an activating group) is 2. The van der Waals surface area contributed by atoms with E-state index in [4.69, 9.17) is 0 Å². The van der Waals surface area contributed by atoms with Gasteiger partial charge in [-0.2, -0.15) is 0 Å². The highest BCUT2D eigenvalue weighted by Crippen LogP contribution is 2.27. The Kier molecular flexibility index (Phi) is 4.19. The van der Waals surface area contributed by atoms with Crippen molar-refractivity contribution in [2.75, 3.05) is 20.1 Å². The van der Waals surface area contributed by atoms with Crippen LogP contribution < -0.4 is 5.32 Å². The first-order valence-corrected chi connectivity index (χ1v) is 6.71. The monoisotopic (exact) mass is 232 g/mol. The number of benzene rings is 1. The predicted molar refractivity (Wildman–Crippen MR) is 73.2 cm³/mol. The van der Waals surface area contributed by atoms with Crippen LogP contribution in [0.1, 0.15) is 36.9 Å². The highest BCUT2D eigenvalue weighted by molar-refractivity contribution is 5.25. The van der Waals surface area contributed by atoms with Gasteiger partial charge in [0.05, 0.1) is 0 Å². The molecule has 0 spiro atoms. The largest absolute Gasteiger partial charge is 0.309 e. The van der Waals surface area contributed by atoms with E-state index in [0.29, 0.717) is 6.04 Å². The van der Waals surface area contributed by atoms with Crippen molar-refractivity contribution in [2.45, 2.75) is 38.8 Å². The Balaban J connectivity index is 2.04. The molecule has 0 heterocycles. The molecule has 1 aromatic carbocycles. The van der Waals surface area contributed by atoms with Crippen molar-refractivity contribution >= 4 is 0 Å². The van der Waals surface area contributed by atoms with Gasteiger partial charge in [0.1, 0.15) is 0 Å². The maximum atomic E-state index is 3.60. The number of aryl methyl sites for hydroxylation is 1. The second-order valence-corrected chi connectivity index (χ2v) is 5.20. The van der Waals surface area contributed by atoms with Crippen molar-refractivity contribution in [2.24, 2.45) is 0 Å². The molecule has 1 saturated carbocycles. The van der Waals surface area contributed by atoms with Crippen LogP contribution in [0.2, 0.25) is 0 Å². The molecule has 2 rings (SSSR count). The minimum atomic E-state index is 0.463. The highest BCUT2D eigenvalue weighted by Gasteiger charge is 2.27. The van der Waals surface area contributed by atoms with Gasteiger partial charge in [-0.1, -0.05) is 36.8 Å². The molecule has 1 aromatic rings. The van der Waals surface area contributed by atoms with Crippen LogP contribution in [0.3, 0.4) is 0 Å². The van der Waals surface area contributed by atoms with Gasteiger partial charge >= 0.3 is 0 Å². The lowest BCUT2D eigenvalue weighted by Gasteiger charge is -2.25. The lowest BCUT2D eigenvalue weighted by atomic mass is 10.0. The van der Waals surface area contributed by atoms with Gasteiger partial charge in [-0.3, -0.25) is 0 Å². The third-order valence-electron chi connectivity index (χ3n) is 3.54. The number of hydrogen-bond acceptors (Lipinski definition) is 2. The zero-order valence-electron chi connectivity index (χ0n) is 11.2. The van der Waals surface area contributed by atoms with E-state index in [0.717, 1.165) is 19.1 Å². The predicted octanol–water partition coefficient (Wildman–Crippen LogP) is 2.74. The second-order valence-electron chi connectivity index (χ2n) is 5.20. The summed E-state index contributed by atoms with van der Waals surface area (Å²) >= 11 is 0. The molecule has 1 unspecified atom stereocenters. The summed E-state index contributed by atoms with van der Waals surface area (Å²) in [5, 5.41) is 3.60. The Hall–Kier alpha value is -0.860. The molecule has 0 bridgehead atoms. The summed E-state index contributed by atoms with van der Waals surface area (Å²) < 4.78 is 0. The van der Waals surface area contributed by atoms with E-state index in [1.165, 1.54) is 24.0 Å². The lowest BCUT2D eigenvalue weighted by molar-refractivity contribution is 0.283. The quantitative estimate of drug-likeness (QED) is 0.811. The Bertz CT molecular complexity index is 358. The van der Waals surface area contributed by atoms with Crippen LogP contribution in [0.4, 0.5) is 0 Å².